The van der Waals surface area contributed by atoms with Gasteiger partial charge in [0.05, 0.1) is 12.2 Å². The molecule has 0 radical (unpaired) electrons. The standard InChI is InChI=1S/C23H28N2O4/c1-23(2,3)29-22(26)25-20(21-14-24-16-28-21)13-17-9-11-19(12-10-17)27-15-18-7-5-4-6-8-18/h4-9,11-12,14,16-17,20H,10,13,15H2,1-3H3,(H,25,26)/t17?,20-/m0/s1. The van der Waals surface area contributed by atoms with Crippen molar-refractivity contribution in [2.75, 3.05) is 0 Å². The number of alkyl carbamates (subject to hydrolysis) is 1. The Morgan fingerprint density at radius 2 is 2.10 bits per heavy atom. The Balaban J connectivity index is 1.54. The molecule has 2 atom stereocenters. The highest BCUT2D eigenvalue weighted by Crippen LogP contribution is 2.28. The largest absolute Gasteiger partial charge is 0.489 e. The number of amides is 1. The molecule has 0 saturated heterocycles. The Morgan fingerprint density at radius 3 is 2.72 bits per heavy atom. The molecule has 0 bridgehead atoms. The predicted molar refractivity (Wildman–Crippen MR) is 110 cm³/mol. The lowest BCUT2D eigenvalue weighted by Crippen LogP contribution is -2.35. The Bertz CT molecular complexity index is 836. The van der Waals surface area contributed by atoms with Crippen LogP contribution in [0.25, 0.3) is 0 Å². The number of nitrogens with one attached hydrogen (secondary N) is 1. The van der Waals surface area contributed by atoms with Gasteiger partial charge in [0.1, 0.15) is 23.7 Å². The Morgan fingerprint density at radius 1 is 1.31 bits per heavy atom. The number of nitrogens with zero attached hydrogens (tertiary/aromatic N) is 1. The topological polar surface area (TPSA) is 73.6 Å². The average Bonchev–Trinajstić information content (AvgIpc) is 3.21. The number of hydrogen-bond acceptors (Lipinski definition) is 5. The van der Waals surface area contributed by atoms with Crippen molar-refractivity contribution < 1.29 is 18.7 Å². The van der Waals surface area contributed by atoms with Crippen molar-refractivity contribution in [2.24, 2.45) is 5.92 Å². The van der Waals surface area contributed by atoms with Crippen molar-refractivity contribution in [2.45, 2.75) is 51.9 Å². The summed E-state index contributed by atoms with van der Waals surface area (Å²) >= 11 is 0. The van der Waals surface area contributed by atoms with Gasteiger partial charge in [0.25, 0.3) is 0 Å². The zero-order valence-electron chi connectivity index (χ0n) is 17.1. The minimum atomic E-state index is -0.561. The van der Waals surface area contributed by atoms with Crippen LogP contribution in [-0.2, 0) is 16.1 Å². The number of carbonyl (C=O) groups is 1. The number of rotatable bonds is 7. The molecule has 1 N–H and O–H groups in total. The molecular weight excluding hydrogens is 368 g/mol. The molecule has 0 spiro atoms. The summed E-state index contributed by atoms with van der Waals surface area (Å²) in [6.07, 6.45) is 10.2. The van der Waals surface area contributed by atoms with Crippen molar-refractivity contribution in [1.29, 1.82) is 0 Å². The highest BCUT2D eigenvalue weighted by Gasteiger charge is 2.25. The monoisotopic (exact) mass is 396 g/mol. The van der Waals surface area contributed by atoms with Crippen LogP contribution >= 0.6 is 0 Å². The molecule has 2 aromatic rings. The van der Waals surface area contributed by atoms with Crippen molar-refractivity contribution in [3.8, 4) is 0 Å². The van der Waals surface area contributed by atoms with Gasteiger partial charge in [0.15, 0.2) is 6.39 Å². The zero-order chi connectivity index (χ0) is 20.7. The van der Waals surface area contributed by atoms with Crippen LogP contribution in [0, 0.1) is 5.92 Å². The van der Waals surface area contributed by atoms with E-state index in [0.29, 0.717) is 18.8 Å². The summed E-state index contributed by atoms with van der Waals surface area (Å²) in [5.41, 5.74) is 0.574. The fourth-order valence-corrected chi connectivity index (χ4v) is 3.06. The van der Waals surface area contributed by atoms with E-state index in [2.05, 4.69) is 22.5 Å². The van der Waals surface area contributed by atoms with Crippen LogP contribution in [0.1, 0.15) is 51.0 Å². The lowest BCUT2D eigenvalue weighted by molar-refractivity contribution is 0.0491. The second-order valence-electron chi connectivity index (χ2n) is 8.07. The zero-order valence-corrected chi connectivity index (χ0v) is 17.1. The van der Waals surface area contributed by atoms with E-state index < -0.39 is 11.7 Å². The maximum atomic E-state index is 12.2. The molecule has 29 heavy (non-hydrogen) atoms. The molecule has 6 heteroatoms. The summed E-state index contributed by atoms with van der Waals surface area (Å²) in [6.45, 7) is 6.05. The van der Waals surface area contributed by atoms with Gasteiger partial charge in [-0.1, -0.05) is 36.4 Å². The third-order valence-corrected chi connectivity index (χ3v) is 4.43. The fraction of sp³-hybridized carbons (Fsp3) is 0.391. The number of hydrogen-bond donors (Lipinski definition) is 1. The van der Waals surface area contributed by atoms with Crippen molar-refractivity contribution >= 4 is 6.09 Å². The second kappa shape index (κ2) is 9.45. The third-order valence-electron chi connectivity index (χ3n) is 4.43. The molecule has 0 aliphatic heterocycles. The SMILES string of the molecule is CC(C)(C)OC(=O)N[C@@H](CC1C=CC(OCc2ccccc2)=CC1)c1cnco1. The minimum Gasteiger partial charge on any atom is -0.489 e. The minimum absolute atomic E-state index is 0.240. The molecule has 1 aliphatic carbocycles. The van der Waals surface area contributed by atoms with Gasteiger partial charge < -0.3 is 19.2 Å². The first-order valence-corrected chi connectivity index (χ1v) is 9.82. The first kappa shape index (κ1) is 20.7. The predicted octanol–water partition coefficient (Wildman–Crippen LogP) is 5.31. The molecule has 1 aromatic heterocycles. The summed E-state index contributed by atoms with van der Waals surface area (Å²) < 4.78 is 16.7. The fourth-order valence-electron chi connectivity index (χ4n) is 3.06. The molecule has 154 valence electrons. The van der Waals surface area contributed by atoms with Crippen LogP contribution in [0.5, 0.6) is 0 Å². The molecule has 1 aliphatic rings. The molecule has 1 unspecified atom stereocenters. The molecule has 3 rings (SSSR count). The summed E-state index contributed by atoms with van der Waals surface area (Å²) in [6, 6.07) is 9.76. The van der Waals surface area contributed by atoms with Crippen LogP contribution < -0.4 is 5.32 Å². The number of aromatic nitrogens is 1. The Labute approximate surface area is 171 Å². The number of ether oxygens (including phenoxy) is 2. The smallest absolute Gasteiger partial charge is 0.408 e. The first-order valence-electron chi connectivity index (χ1n) is 9.82. The van der Waals surface area contributed by atoms with E-state index in [4.69, 9.17) is 13.9 Å². The van der Waals surface area contributed by atoms with Gasteiger partial charge in [-0.3, -0.25) is 0 Å². The summed E-state index contributed by atoms with van der Waals surface area (Å²) in [7, 11) is 0. The first-order chi connectivity index (χ1) is 13.9. The lowest BCUT2D eigenvalue weighted by atomic mass is 9.92. The number of benzene rings is 1. The number of carbonyl (C=O) groups excluding carboxylic acids is 1. The van der Waals surface area contributed by atoms with Crippen LogP contribution in [0.15, 0.2) is 71.3 Å². The van der Waals surface area contributed by atoms with Gasteiger partial charge in [-0.2, -0.15) is 0 Å². The summed E-state index contributed by atoms with van der Waals surface area (Å²) in [5, 5.41) is 2.90. The van der Waals surface area contributed by atoms with Crippen molar-refractivity contribution in [1.82, 2.24) is 10.3 Å². The molecule has 0 fully saturated rings. The van der Waals surface area contributed by atoms with Gasteiger partial charge in [0.2, 0.25) is 0 Å². The Kier molecular flexibility index (Phi) is 6.75. The van der Waals surface area contributed by atoms with Gasteiger partial charge in [-0.15, -0.1) is 0 Å². The van der Waals surface area contributed by atoms with Crippen molar-refractivity contribution in [3.05, 3.63) is 78.2 Å². The number of oxazole rings is 1. The molecule has 1 amide bonds. The normalized spacial score (nSPS) is 17.3. The van der Waals surface area contributed by atoms with E-state index in [1.54, 1.807) is 6.20 Å². The van der Waals surface area contributed by atoms with Crippen LogP contribution in [-0.4, -0.2) is 16.7 Å². The Hall–Kier alpha value is -3.02. The molecule has 1 heterocycles. The van der Waals surface area contributed by atoms with E-state index in [0.717, 1.165) is 17.7 Å². The summed E-state index contributed by atoms with van der Waals surface area (Å²) in [5.74, 6) is 1.71. The van der Waals surface area contributed by atoms with E-state index >= 15 is 0 Å². The van der Waals surface area contributed by atoms with Gasteiger partial charge in [-0.05, 0) is 57.2 Å². The highest BCUT2D eigenvalue weighted by atomic mass is 16.6. The second-order valence-corrected chi connectivity index (χ2v) is 8.07. The maximum absolute atomic E-state index is 12.2. The number of allylic oxidation sites excluding steroid dienone is 3. The molecule has 0 saturated carbocycles. The van der Waals surface area contributed by atoms with Crippen LogP contribution in [0.3, 0.4) is 0 Å². The van der Waals surface area contributed by atoms with E-state index in [-0.39, 0.29) is 12.0 Å². The molecule has 1 aromatic carbocycles. The highest BCUT2D eigenvalue weighted by molar-refractivity contribution is 5.68. The van der Waals surface area contributed by atoms with Gasteiger partial charge in [-0.25, -0.2) is 9.78 Å². The van der Waals surface area contributed by atoms with E-state index in [1.807, 2.05) is 57.2 Å². The van der Waals surface area contributed by atoms with Crippen molar-refractivity contribution in [3.63, 3.8) is 0 Å². The molecular formula is C23H28N2O4. The van der Waals surface area contributed by atoms with E-state index in [9.17, 15) is 4.79 Å². The quantitative estimate of drug-likeness (QED) is 0.687. The molecule has 6 nitrogen and oxygen atoms in total. The average molecular weight is 396 g/mol. The summed E-state index contributed by atoms with van der Waals surface area (Å²) in [4.78, 5) is 16.2. The maximum Gasteiger partial charge on any atom is 0.408 e. The lowest BCUT2D eigenvalue weighted by Gasteiger charge is -2.25. The third kappa shape index (κ3) is 6.82. The van der Waals surface area contributed by atoms with Gasteiger partial charge in [0, 0.05) is 0 Å². The van der Waals surface area contributed by atoms with Crippen LogP contribution in [0.4, 0.5) is 4.79 Å². The van der Waals surface area contributed by atoms with Gasteiger partial charge >= 0.3 is 6.09 Å². The van der Waals surface area contributed by atoms with Crippen LogP contribution in [0.2, 0.25) is 0 Å². The van der Waals surface area contributed by atoms with E-state index in [1.165, 1.54) is 6.39 Å².